The smallest absolute Gasteiger partial charge is 0.215 e. The Morgan fingerprint density at radius 1 is 1.29 bits per heavy atom. The van der Waals surface area contributed by atoms with Crippen molar-refractivity contribution in [1.29, 1.82) is 0 Å². The highest BCUT2D eigenvalue weighted by atomic mass is 35.5. The fourth-order valence-corrected chi connectivity index (χ4v) is 5.67. The Kier molecular flexibility index (Phi) is 5.65. The molecule has 1 saturated carbocycles. The molecule has 1 N–H and O–H groups in total. The number of pyridine rings is 1. The lowest BCUT2D eigenvalue weighted by Crippen LogP contribution is -2.29. The summed E-state index contributed by atoms with van der Waals surface area (Å²) in [6.45, 7) is 8.87. The summed E-state index contributed by atoms with van der Waals surface area (Å²) < 4.78 is 45.0. The third-order valence-electron chi connectivity index (χ3n) is 5.47. The van der Waals surface area contributed by atoms with Crippen molar-refractivity contribution in [2.24, 2.45) is 5.41 Å². The second-order valence-corrected chi connectivity index (χ2v) is 12.0. The number of nitrogens with zero attached hydrogens (tertiary/aromatic N) is 2. The van der Waals surface area contributed by atoms with Crippen LogP contribution in [0, 0.1) is 11.2 Å². The molecule has 1 aliphatic rings. The minimum Gasteiger partial charge on any atom is -0.347 e. The molecule has 1 atom stereocenters. The fraction of sp³-hybridized carbons (Fsp3) is 0.435. The van der Waals surface area contributed by atoms with Gasteiger partial charge in [0.25, 0.3) is 0 Å². The minimum absolute atomic E-state index is 0.0273. The van der Waals surface area contributed by atoms with E-state index >= 15 is 4.39 Å². The monoisotopic (exact) mass is 463 g/mol. The summed E-state index contributed by atoms with van der Waals surface area (Å²) in [4.78, 5) is 4.09. The third kappa shape index (κ3) is 4.64. The highest BCUT2D eigenvalue weighted by molar-refractivity contribution is 7.90. The molecule has 5 nitrogen and oxygen atoms in total. The van der Waals surface area contributed by atoms with Crippen molar-refractivity contribution in [1.82, 2.24) is 14.3 Å². The van der Waals surface area contributed by atoms with E-state index in [1.165, 1.54) is 6.07 Å². The zero-order chi connectivity index (χ0) is 22.6. The van der Waals surface area contributed by atoms with Crippen molar-refractivity contribution >= 4 is 32.5 Å². The van der Waals surface area contributed by atoms with Crippen LogP contribution >= 0.6 is 11.6 Å². The molecule has 0 bridgehead atoms. The Balaban J connectivity index is 1.86. The van der Waals surface area contributed by atoms with Gasteiger partial charge in [-0.25, -0.2) is 17.5 Å². The van der Waals surface area contributed by atoms with Gasteiger partial charge in [-0.05, 0) is 48.9 Å². The van der Waals surface area contributed by atoms with Gasteiger partial charge in [-0.2, -0.15) is 0 Å². The number of fused-ring (bicyclic) bond motifs is 1. The van der Waals surface area contributed by atoms with Crippen LogP contribution in [0.2, 0.25) is 5.02 Å². The van der Waals surface area contributed by atoms with E-state index < -0.39 is 21.9 Å². The van der Waals surface area contributed by atoms with E-state index in [0.717, 1.165) is 11.1 Å². The van der Waals surface area contributed by atoms with E-state index in [2.05, 4.69) is 35.0 Å². The zero-order valence-corrected chi connectivity index (χ0v) is 19.7. The number of hydrogen-bond acceptors (Lipinski definition) is 3. The molecule has 8 heteroatoms. The highest BCUT2D eigenvalue weighted by Gasteiger charge is 2.37. The summed E-state index contributed by atoms with van der Waals surface area (Å²) in [6.07, 6.45) is 6.44. The Hall–Kier alpha value is -1.96. The van der Waals surface area contributed by atoms with E-state index in [1.54, 1.807) is 31.5 Å². The van der Waals surface area contributed by atoms with Crippen LogP contribution in [0.15, 0.2) is 36.8 Å². The summed E-state index contributed by atoms with van der Waals surface area (Å²) in [6, 6.07) is 4.42. The van der Waals surface area contributed by atoms with E-state index in [0.29, 0.717) is 40.9 Å². The number of hydrogen-bond donors (Lipinski definition) is 1. The number of sulfonamides is 1. The molecule has 3 aromatic rings. The lowest BCUT2D eigenvalue weighted by atomic mass is 9.97. The molecule has 166 valence electrons. The molecule has 0 aliphatic heterocycles. The Labute approximate surface area is 187 Å². The van der Waals surface area contributed by atoms with Crippen LogP contribution in [0.5, 0.6) is 0 Å². The van der Waals surface area contributed by atoms with E-state index in [1.807, 2.05) is 6.20 Å². The number of benzene rings is 1. The molecular formula is C23H27ClFN3O2S. The normalized spacial score (nSPS) is 16.1. The molecule has 0 saturated heterocycles. The Morgan fingerprint density at radius 3 is 2.61 bits per heavy atom. The summed E-state index contributed by atoms with van der Waals surface area (Å²) >= 11 is 6.30. The molecular weight excluding hydrogens is 437 g/mol. The minimum atomic E-state index is -3.37. The van der Waals surface area contributed by atoms with E-state index in [4.69, 9.17) is 11.6 Å². The Morgan fingerprint density at radius 2 is 2.00 bits per heavy atom. The second-order valence-electron chi connectivity index (χ2n) is 9.56. The van der Waals surface area contributed by atoms with Gasteiger partial charge >= 0.3 is 0 Å². The fourth-order valence-electron chi connectivity index (χ4n) is 3.89. The second kappa shape index (κ2) is 7.87. The van der Waals surface area contributed by atoms with Gasteiger partial charge in [0.15, 0.2) is 0 Å². The molecule has 2 heterocycles. The van der Waals surface area contributed by atoms with Crippen LogP contribution in [0.3, 0.4) is 0 Å². The van der Waals surface area contributed by atoms with Gasteiger partial charge in [-0.1, -0.05) is 32.4 Å². The summed E-state index contributed by atoms with van der Waals surface area (Å²) in [5.74, 6) is -0.422. The standard InChI is InChI=1S/C23H27ClFN3O2S/c1-14(27-31(29,30)15-5-6-15)19-12-28(13-23(2,3)4)22-10-16(21(25)9-17(19)22)18-11-26-8-7-20(18)24/h7-12,14-15,27H,5-6,13H2,1-4H3. The quantitative estimate of drug-likeness (QED) is 0.511. The molecule has 1 unspecified atom stereocenters. The first-order chi connectivity index (χ1) is 14.5. The Bertz CT molecular complexity index is 1240. The third-order valence-corrected chi connectivity index (χ3v) is 7.83. The molecule has 4 rings (SSSR count). The van der Waals surface area contributed by atoms with Crippen molar-refractivity contribution in [2.45, 2.75) is 58.4 Å². The summed E-state index contributed by atoms with van der Waals surface area (Å²) in [5, 5.41) is 0.804. The first-order valence-electron chi connectivity index (χ1n) is 10.4. The molecule has 1 aliphatic carbocycles. The molecule has 0 amide bonds. The van der Waals surface area contributed by atoms with Crippen molar-refractivity contribution in [3.8, 4) is 11.1 Å². The molecule has 1 aromatic carbocycles. The van der Waals surface area contributed by atoms with Gasteiger partial charge in [-0.3, -0.25) is 4.98 Å². The molecule has 31 heavy (non-hydrogen) atoms. The van der Waals surface area contributed by atoms with Crippen LogP contribution in [0.25, 0.3) is 22.0 Å². The number of aromatic nitrogens is 2. The van der Waals surface area contributed by atoms with Gasteiger partial charge in [-0.15, -0.1) is 0 Å². The molecule has 1 fully saturated rings. The number of nitrogens with one attached hydrogen (secondary N) is 1. The first-order valence-corrected chi connectivity index (χ1v) is 12.3. The van der Waals surface area contributed by atoms with Gasteiger partial charge in [0.1, 0.15) is 5.82 Å². The van der Waals surface area contributed by atoms with Crippen molar-refractivity contribution in [3.05, 3.63) is 53.2 Å². The van der Waals surface area contributed by atoms with Crippen LogP contribution in [0.1, 0.15) is 52.1 Å². The topological polar surface area (TPSA) is 64.0 Å². The maximum atomic E-state index is 15.2. The van der Waals surface area contributed by atoms with Crippen molar-refractivity contribution in [2.75, 3.05) is 0 Å². The lowest BCUT2D eigenvalue weighted by Gasteiger charge is -2.20. The summed E-state index contributed by atoms with van der Waals surface area (Å²) in [5.41, 5.74) is 2.46. The summed E-state index contributed by atoms with van der Waals surface area (Å²) in [7, 11) is -3.37. The van der Waals surface area contributed by atoms with Gasteiger partial charge in [0.2, 0.25) is 10.0 Å². The van der Waals surface area contributed by atoms with Gasteiger partial charge < -0.3 is 4.57 Å². The zero-order valence-electron chi connectivity index (χ0n) is 18.1. The van der Waals surface area contributed by atoms with Crippen LogP contribution in [-0.2, 0) is 16.6 Å². The van der Waals surface area contributed by atoms with Crippen molar-refractivity contribution in [3.63, 3.8) is 0 Å². The highest BCUT2D eigenvalue weighted by Crippen LogP contribution is 2.37. The average molecular weight is 464 g/mol. The molecule has 0 radical (unpaired) electrons. The number of halogens is 2. The van der Waals surface area contributed by atoms with Crippen LogP contribution in [0.4, 0.5) is 4.39 Å². The predicted octanol–water partition coefficient (Wildman–Crippen LogP) is 5.68. The van der Waals surface area contributed by atoms with E-state index in [-0.39, 0.29) is 10.7 Å². The van der Waals surface area contributed by atoms with Crippen molar-refractivity contribution < 1.29 is 12.8 Å². The SMILES string of the molecule is CC(NS(=O)(=O)C1CC1)c1cn(CC(C)(C)C)c2cc(-c3cnccc3Cl)c(F)cc12. The van der Waals surface area contributed by atoms with Gasteiger partial charge in [0.05, 0.1) is 10.3 Å². The first kappa shape index (κ1) is 22.2. The molecule has 2 aromatic heterocycles. The predicted molar refractivity (Wildman–Crippen MR) is 123 cm³/mol. The van der Waals surface area contributed by atoms with Crippen LogP contribution < -0.4 is 4.72 Å². The maximum absolute atomic E-state index is 15.2. The molecule has 0 spiro atoms. The maximum Gasteiger partial charge on any atom is 0.215 e. The van der Waals surface area contributed by atoms with Gasteiger partial charge in [0, 0.05) is 53.2 Å². The van der Waals surface area contributed by atoms with Crippen LogP contribution in [-0.4, -0.2) is 23.2 Å². The lowest BCUT2D eigenvalue weighted by molar-refractivity contribution is 0.349. The largest absolute Gasteiger partial charge is 0.347 e. The average Bonchev–Trinajstić information content (AvgIpc) is 3.46. The van der Waals surface area contributed by atoms with E-state index in [9.17, 15) is 8.42 Å². The number of rotatable bonds is 6.